The van der Waals surface area contributed by atoms with E-state index < -0.39 is 5.97 Å². The number of hydrogen-bond acceptors (Lipinski definition) is 7. The van der Waals surface area contributed by atoms with Crippen molar-refractivity contribution in [2.45, 2.75) is 24.5 Å². The quantitative estimate of drug-likeness (QED) is 0.506. The van der Waals surface area contributed by atoms with E-state index in [-0.39, 0.29) is 6.04 Å². The molecule has 0 fully saturated rings. The van der Waals surface area contributed by atoms with Crippen LogP contribution < -0.4 is 10.1 Å². The van der Waals surface area contributed by atoms with Crippen LogP contribution in [0, 0.1) is 0 Å². The lowest BCUT2D eigenvalue weighted by molar-refractivity contribution is 0.0526. The average molecular weight is 345 g/mol. The molecular weight excluding hydrogens is 326 g/mol. The smallest absolute Gasteiger partial charge is 0.343 e. The largest absolute Gasteiger partial charge is 0.493 e. The van der Waals surface area contributed by atoms with E-state index in [0.29, 0.717) is 29.8 Å². The standard InChI is InChI=1S/C17H19N3O3S/c1-3-22-16(21)12-10-18-17(24-2)20-15(12)19-13-8-9-23-14-7-5-4-6-11(13)14/h4-7,10,13H,3,8-9H2,1-2H3,(H,18,19,20). The van der Waals surface area contributed by atoms with Crippen LogP contribution in [0.25, 0.3) is 0 Å². The van der Waals surface area contributed by atoms with Crippen LogP contribution in [-0.4, -0.2) is 35.4 Å². The van der Waals surface area contributed by atoms with Gasteiger partial charge in [0.05, 0.1) is 19.3 Å². The fraction of sp³-hybridized carbons (Fsp3) is 0.353. The lowest BCUT2D eigenvalue weighted by Gasteiger charge is -2.27. The molecular formula is C17H19N3O3S. The summed E-state index contributed by atoms with van der Waals surface area (Å²) in [6, 6.07) is 7.91. The van der Waals surface area contributed by atoms with Crippen molar-refractivity contribution in [3.63, 3.8) is 0 Å². The van der Waals surface area contributed by atoms with Gasteiger partial charge in [-0.1, -0.05) is 30.0 Å². The Balaban J connectivity index is 1.93. The molecule has 0 saturated heterocycles. The highest BCUT2D eigenvalue weighted by Gasteiger charge is 2.24. The van der Waals surface area contributed by atoms with Gasteiger partial charge in [0.15, 0.2) is 5.16 Å². The molecule has 1 atom stereocenters. The summed E-state index contributed by atoms with van der Waals surface area (Å²) < 4.78 is 10.8. The number of anilines is 1. The first-order valence-corrected chi connectivity index (χ1v) is 9.01. The van der Waals surface area contributed by atoms with Crippen LogP contribution in [0.4, 0.5) is 5.82 Å². The molecule has 1 aromatic heterocycles. The predicted octanol–water partition coefficient (Wildman–Crippen LogP) is 3.31. The minimum atomic E-state index is -0.423. The van der Waals surface area contributed by atoms with E-state index in [9.17, 15) is 4.79 Å². The van der Waals surface area contributed by atoms with Gasteiger partial charge in [-0.2, -0.15) is 0 Å². The van der Waals surface area contributed by atoms with Crippen LogP contribution in [0.2, 0.25) is 0 Å². The summed E-state index contributed by atoms with van der Waals surface area (Å²) >= 11 is 1.43. The molecule has 3 rings (SSSR count). The van der Waals surface area contributed by atoms with Gasteiger partial charge in [0.1, 0.15) is 17.1 Å². The van der Waals surface area contributed by atoms with Crippen molar-refractivity contribution in [2.24, 2.45) is 0 Å². The molecule has 24 heavy (non-hydrogen) atoms. The number of benzene rings is 1. The SMILES string of the molecule is CCOC(=O)c1cnc(SC)nc1NC1CCOc2ccccc21. The molecule has 1 aromatic carbocycles. The summed E-state index contributed by atoms with van der Waals surface area (Å²) in [7, 11) is 0. The molecule has 0 saturated carbocycles. The molecule has 126 valence electrons. The van der Waals surface area contributed by atoms with Crippen molar-refractivity contribution in [2.75, 3.05) is 24.8 Å². The summed E-state index contributed by atoms with van der Waals surface area (Å²) in [6.07, 6.45) is 4.20. The van der Waals surface area contributed by atoms with Crippen molar-refractivity contribution < 1.29 is 14.3 Å². The summed E-state index contributed by atoms with van der Waals surface area (Å²) in [6.45, 7) is 2.70. The molecule has 7 heteroatoms. The molecule has 2 aromatic rings. The molecule has 6 nitrogen and oxygen atoms in total. The Hall–Kier alpha value is -2.28. The Bertz CT molecular complexity index is 739. The Labute approximate surface area is 145 Å². The van der Waals surface area contributed by atoms with Crippen LogP contribution in [0.1, 0.15) is 35.3 Å². The number of aromatic nitrogens is 2. The Kier molecular flexibility index (Phi) is 5.20. The molecule has 1 N–H and O–H groups in total. The van der Waals surface area contributed by atoms with Crippen molar-refractivity contribution in [1.82, 2.24) is 9.97 Å². The van der Waals surface area contributed by atoms with Gasteiger partial charge in [-0.15, -0.1) is 0 Å². The first-order valence-electron chi connectivity index (χ1n) is 7.79. The van der Waals surface area contributed by atoms with Crippen molar-refractivity contribution in [1.29, 1.82) is 0 Å². The van der Waals surface area contributed by atoms with E-state index in [1.54, 1.807) is 6.92 Å². The fourth-order valence-electron chi connectivity index (χ4n) is 2.59. The lowest BCUT2D eigenvalue weighted by atomic mass is 10.0. The van der Waals surface area contributed by atoms with Gasteiger partial charge in [0.2, 0.25) is 0 Å². The Morgan fingerprint density at radius 1 is 1.46 bits per heavy atom. The molecule has 1 unspecified atom stereocenters. The van der Waals surface area contributed by atoms with Gasteiger partial charge in [0, 0.05) is 18.2 Å². The number of para-hydroxylation sites is 1. The first-order chi connectivity index (χ1) is 11.7. The van der Waals surface area contributed by atoms with E-state index in [4.69, 9.17) is 9.47 Å². The maximum Gasteiger partial charge on any atom is 0.343 e. The number of thioether (sulfide) groups is 1. The number of carbonyl (C=O) groups excluding carboxylic acids is 1. The van der Waals surface area contributed by atoms with Crippen molar-refractivity contribution in [3.8, 4) is 5.75 Å². The summed E-state index contributed by atoms with van der Waals surface area (Å²) in [5, 5.41) is 3.98. The number of fused-ring (bicyclic) bond motifs is 1. The molecule has 0 spiro atoms. The molecule has 0 amide bonds. The number of esters is 1. The Morgan fingerprint density at radius 3 is 3.08 bits per heavy atom. The summed E-state index contributed by atoms with van der Waals surface area (Å²) in [5.41, 5.74) is 1.40. The van der Waals surface area contributed by atoms with Crippen LogP contribution in [-0.2, 0) is 4.74 Å². The number of ether oxygens (including phenoxy) is 2. The zero-order chi connectivity index (χ0) is 16.9. The zero-order valence-corrected chi connectivity index (χ0v) is 14.4. The normalized spacial score (nSPS) is 16.0. The minimum Gasteiger partial charge on any atom is -0.493 e. The van der Waals surface area contributed by atoms with Crippen molar-refractivity contribution >= 4 is 23.5 Å². The topological polar surface area (TPSA) is 73.3 Å². The fourth-order valence-corrected chi connectivity index (χ4v) is 2.93. The van der Waals surface area contributed by atoms with Crippen molar-refractivity contribution in [3.05, 3.63) is 41.6 Å². The second-order valence-corrected chi connectivity index (χ2v) is 5.98. The second kappa shape index (κ2) is 7.53. The van der Waals surface area contributed by atoms with E-state index in [1.807, 2.05) is 30.5 Å². The molecule has 2 heterocycles. The third-order valence-electron chi connectivity index (χ3n) is 3.71. The third kappa shape index (κ3) is 3.46. The molecule has 0 aliphatic carbocycles. The maximum atomic E-state index is 12.2. The van der Waals surface area contributed by atoms with Gasteiger partial charge in [-0.25, -0.2) is 14.8 Å². The minimum absolute atomic E-state index is 0.0210. The lowest BCUT2D eigenvalue weighted by Crippen LogP contribution is -2.22. The second-order valence-electron chi connectivity index (χ2n) is 5.21. The number of carbonyl (C=O) groups is 1. The number of hydrogen-bond donors (Lipinski definition) is 1. The van der Waals surface area contributed by atoms with Crippen LogP contribution in [0.15, 0.2) is 35.6 Å². The van der Waals surface area contributed by atoms with Gasteiger partial charge >= 0.3 is 5.97 Å². The average Bonchev–Trinajstić information content (AvgIpc) is 2.62. The van der Waals surface area contributed by atoms with E-state index >= 15 is 0 Å². The van der Waals surface area contributed by atoms with Gasteiger partial charge in [-0.05, 0) is 19.2 Å². The van der Waals surface area contributed by atoms with Gasteiger partial charge in [-0.3, -0.25) is 0 Å². The van der Waals surface area contributed by atoms with E-state index in [1.165, 1.54) is 18.0 Å². The molecule has 0 radical (unpaired) electrons. The highest BCUT2D eigenvalue weighted by Crippen LogP contribution is 2.34. The Morgan fingerprint density at radius 2 is 2.29 bits per heavy atom. The van der Waals surface area contributed by atoms with E-state index in [0.717, 1.165) is 17.7 Å². The zero-order valence-electron chi connectivity index (χ0n) is 13.6. The van der Waals surface area contributed by atoms with Crippen LogP contribution in [0.3, 0.4) is 0 Å². The van der Waals surface area contributed by atoms with Gasteiger partial charge < -0.3 is 14.8 Å². The summed E-state index contributed by atoms with van der Waals surface area (Å²) in [5.74, 6) is 0.931. The van der Waals surface area contributed by atoms with Crippen LogP contribution >= 0.6 is 11.8 Å². The van der Waals surface area contributed by atoms with Gasteiger partial charge in [0.25, 0.3) is 0 Å². The highest BCUT2D eigenvalue weighted by molar-refractivity contribution is 7.98. The van der Waals surface area contributed by atoms with Crippen LogP contribution in [0.5, 0.6) is 5.75 Å². The highest BCUT2D eigenvalue weighted by atomic mass is 32.2. The predicted molar refractivity (Wildman–Crippen MR) is 92.7 cm³/mol. The van der Waals surface area contributed by atoms with E-state index in [2.05, 4.69) is 15.3 Å². The summed E-state index contributed by atoms with van der Waals surface area (Å²) in [4.78, 5) is 20.8. The third-order valence-corrected chi connectivity index (χ3v) is 4.28. The number of rotatable bonds is 5. The number of nitrogens with one attached hydrogen (secondary N) is 1. The maximum absolute atomic E-state index is 12.2. The first kappa shape index (κ1) is 16.6. The molecule has 1 aliphatic rings. The number of nitrogens with zero attached hydrogens (tertiary/aromatic N) is 2. The monoisotopic (exact) mass is 345 g/mol. The molecule has 0 bridgehead atoms. The molecule has 1 aliphatic heterocycles.